The standard InChI is InChI=1S/C21H19BrN2O4/c1-4-27-19-11-15(10-17(22)20(19)28-14(3)25)9-16(12-23)21(26)24-18-8-6-5-7-13(18)2/h5-11H,4H2,1-3H3,(H,24,26)/b16-9+. The van der Waals surface area contributed by atoms with Gasteiger partial charge in [0.15, 0.2) is 11.5 Å². The highest BCUT2D eigenvalue weighted by Crippen LogP contribution is 2.37. The van der Waals surface area contributed by atoms with Gasteiger partial charge in [0.25, 0.3) is 5.91 Å². The van der Waals surface area contributed by atoms with Crippen molar-refractivity contribution in [2.75, 3.05) is 11.9 Å². The average Bonchev–Trinajstić information content (AvgIpc) is 2.64. The van der Waals surface area contributed by atoms with Crippen LogP contribution in [0.25, 0.3) is 6.08 Å². The number of nitrogens with zero attached hydrogens (tertiary/aromatic N) is 1. The van der Waals surface area contributed by atoms with Crippen molar-refractivity contribution in [1.82, 2.24) is 0 Å². The van der Waals surface area contributed by atoms with Crippen LogP contribution in [-0.2, 0) is 9.59 Å². The van der Waals surface area contributed by atoms with Gasteiger partial charge in [-0.25, -0.2) is 0 Å². The average molecular weight is 443 g/mol. The summed E-state index contributed by atoms with van der Waals surface area (Å²) >= 11 is 3.34. The van der Waals surface area contributed by atoms with Gasteiger partial charge in [-0.15, -0.1) is 0 Å². The third kappa shape index (κ3) is 5.44. The lowest BCUT2D eigenvalue weighted by atomic mass is 10.1. The van der Waals surface area contributed by atoms with E-state index in [9.17, 15) is 14.9 Å². The number of aryl methyl sites for hydroxylation is 1. The van der Waals surface area contributed by atoms with E-state index in [1.165, 1.54) is 13.0 Å². The third-order valence-corrected chi connectivity index (χ3v) is 4.24. The Bertz CT molecular complexity index is 977. The SMILES string of the molecule is CCOc1cc(/C=C(\C#N)C(=O)Nc2ccccc2C)cc(Br)c1OC(C)=O. The summed E-state index contributed by atoms with van der Waals surface area (Å²) in [6, 6.07) is 12.5. The van der Waals surface area contributed by atoms with Crippen molar-refractivity contribution in [3.8, 4) is 17.6 Å². The van der Waals surface area contributed by atoms with Crippen molar-refractivity contribution < 1.29 is 19.1 Å². The number of carbonyl (C=O) groups excluding carboxylic acids is 2. The fraction of sp³-hybridized carbons (Fsp3) is 0.190. The molecule has 0 unspecified atom stereocenters. The maximum absolute atomic E-state index is 12.5. The van der Waals surface area contributed by atoms with E-state index < -0.39 is 11.9 Å². The first kappa shape index (κ1) is 21.2. The molecule has 7 heteroatoms. The number of amides is 1. The number of hydrogen-bond donors (Lipinski definition) is 1. The minimum Gasteiger partial charge on any atom is -0.490 e. The van der Waals surface area contributed by atoms with Gasteiger partial charge in [-0.3, -0.25) is 9.59 Å². The molecule has 2 aromatic rings. The molecule has 0 aliphatic heterocycles. The number of ether oxygens (including phenoxy) is 2. The highest BCUT2D eigenvalue weighted by molar-refractivity contribution is 9.10. The zero-order valence-corrected chi connectivity index (χ0v) is 17.3. The molecule has 0 aliphatic carbocycles. The van der Waals surface area contributed by atoms with E-state index in [0.29, 0.717) is 28.1 Å². The molecular weight excluding hydrogens is 424 g/mol. The van der Waals surface area contributed by atoms with E-state index in [1.54, 1.807) is 31.2 Å². The van der Waals surface area contributed by atoms with Crippen LogP contribution in [0.15, 0.2) is 46.4 Å². The van der Waals surface area contributed by atoms with Crippen LogP contribution in [0.3, 0.4) is 0 Å². The summed E-state index contributed by atoms with van der Waals surface area (Å²) in [5.41, 5.74) is 2.00. The second-order valence-corrected chi connectivity index (χ2v) is 6.65. The molecule has 0 heterocycles. The number of esters is 1. The summed E-state index contributed by atoms with van der Waals surface area (Å²) in [5, 5.41) is 12.2. The Morgan fingerprint density at radius 1 is 1.29 bits per heavy atom. The fourth-order valence-electron chi connectivity index (χ4n) is 2.40. The molecule has 6 nitrogen and oxygen atoms in total. The Hall–Kier alpha value is -3.11. The van der Waals surface area contributed by atoms with Gasteiger partial charge in [0.1, 0.15) is 11.6 Å². The van der Waals surface area contributed by atoms with Gasteiger partial charge < -0.3 is 14.8 Å². The first-order valence-electron chi connectivity index (χ1n) is 8.49. The summed E-state index contributed by atoms with van der Waals surface area (Å²) in [5.74, 6) is -0.431. The van der Waals surface area contributed by atoms with Crippen molar-refractivity contribution in [1.29, 1.82) is 5.26 Å². The minimum absolute atomic E-state index is 0.0714. The fourth-order valence-corrected chi connectivity index (χ4v) is 2.94. The van der Waals surface area contributed by atoms with Crippen molar-refractivity contribution in [2.24, 2.45) is 0 Å². The number of nitrogens with one attached hydrogen (secondary N) is 1. The number of benzene rings is 2. The maximum Gasteiger partial charge on any atom is 0.308 e. The van der Waals surface area contributed by atoms with Crippen LogP contribution in [-0.4, -0.2) is 18.5 Å². The Labute approximate surface area is 171 Å². The monoisotopic (exact) mass is 442 g/mol. The number of rotatable bonds is 6. The highest BCUT2D eigenvalue weighted by atomic mass is 79.9. The van der Waals surface area contributed by atoms with E-state index in [1.807, 2.05) is 25.1 Å². The molecule has 1 amide bonds. The second-order valence-electron chi connectivity index (χ2n) is 5.80. The Kier molecular flexibility index (Phi) is 7.36. The van der Waals surface area contributed by atoms with Gasteiger partial charge in [0.2, 0.25) is 0 Å². The van der Waals surface area contributed by atoms with Gasteiger partial charge in [-0.1, -0.05) is 18.2 Å². The van der Waals surface area contributed by atoms with Crippen LogP contribution in [0.5, 0.6) is 11.5 Å². The molecule has 0 saturated carbocycles. The summed E-state index contributed by atoms with van der Waals surface area (Å²) in [6.07, 6.45) is 1.44. The lowest BCUT2D eigenvalue weighted by Crippen LogP contribution is -2.14. The molecule has 144 valence electrons. The van der Waals surface area contributed by atoms with Crippen LogP contribution in [0.4, 0.5) is 5.69 Å². The molecule has 2 aromatic carbocycles. The van der Waals surface area contributed by atoms with Crippen LogP contribution in [0.1, 0.15) is 25.0 Å². The van der Waals surface area contributed by atoms with E-state index in [0.717, 1.165) is 5.56 Å². The van der Waals surface area contributed by atoms with Crippen LogP contribution >= 0.6 is 15.9 Å². The van der Waals surface area contributed by atoms with E-state index in [2.05, 4.69) is 21.2 Å². The predicted molar refractivity (Wildman–Crippen MR) is 110 cm³/mol. The number of halogens is 1. The molecular formula is C21H19BrN2O4. The number of carbonyl (C=O) groups is 2. The topological polar surface area (TPSA) is 88.4 Å². The maximum atomic E-state index is 12.5. The van der Waals surface area contributed by atoms with Gasteiger partial charge in [-0.05, 0) is 65.2 Å². The smallest absolute Gasteiger partial charge is 0.308 e. The summed E-state index contributed by atoms with van der Waals surface area (Å²) in [4.78, 5) is 23.8. The summed E-state index contributed by atoms with van der Waals surface area (Å²) in [6.45, 7) is 5.31. The molecule has 1 N–H and O–H groups in total. The molecule has 0 spiro atoms. The Morgan fingerprint density at radius 2 is 2.00 bits per heavy atom. The van der Waals surface area contributed by atoms with E-state index in [-0.39, 0.29) is 11.3 Å². The van der Waals surface area contributed by atoms with Crippen molar-refractivity contribution in [2.45, 2.75) is 20.8 Å². The summed E-state index contributed by atoms with van der Waals surface area (Å²) in [7, 11) is 0. The Balaban J connectivity index is 2.37. The number of hydrogen-bond acceptors (Lipinski definition) is 5. The molecule has 28 heavy (non-hydrogen) atoms. The zero-order valence-electron chi connectivity index (χ0n) is 15.7. The van der Waals surface area contributed by atoms with Gasteiger partial charge in [0.05, 0.1) is 11.1 Å². The summed E-state index contributed by atoms with van der Waals surface area (Å²) < 4.78 is 11.2. The lowest BCUT2D eigenvalue weighted by Gasteiger charge is -2.13. The molecule has 2 rings (SSSR count). The first-order chi connectivity index (χ1) is 13.3. The highest BCUT2D eigenvalue weighted by Gasteiger charge is 2.16. The Morgan fingerprint density at radius 3 is 2.61 bits per heavy atom. The van der Waals surface area contributed by atoms with Gasteiger partial charge in [0, 0.05) is 12.6 Å². The van der Waals surface area contributed by atoms with Gasteiger partial charge in [-0.2, -0.15) is 5.26 Å². The van der Waals surface area contributed by atoms with Crippen molar-refractivity contribution >= 4 is 39.6 Å². The lowest BCUT2D eigenvalue weighted by molar-refractivity contribution is -0.132. The number of anilines is 1. The van der Waals surface area contributed by atoms with Crippen molar-refractivity contribution in [3.05, 3.63) is 57.6 Å². The van der Waals surface area contributed by atoms with Crippen molar-refractivity contribution in [3.63, 3.8) is 0 Å². The van der Waals surface area contributed by atoms with E-state index >= 15 is 0 Å². The molecule has 0 bridgehead atoms. The predicted octanol–water partition coefficient (Wildman–Crippen LogP) is 4.63. The zero-order chi connectivity index (χ0) is 20.7. The quantitative estimate of drug-likeness (QED) is 0.305. The first-order valence-corrected chi connectivity index (χ1v) is 9.28. The largest absolute Gasteiger partial charge is 0.490 e. The van der Waals surface area contributed by atoms with Crippen LogP contribution in [0.2, 0.25) is 0 Å². The molecule has 0 aromatic heterocycles. The van der Waals surface area contributed by atoms with Crippen LogP contribution < -0.4 is 14.8 Å². The molecule has 0 aliphatic rings. The molecule has 0 atom stereocenters. The van der Waals surface area contributed by atoms with E-state index in [4.69, 9.17) is 9.47 Å². The molecule has 0 saturated heterocycles. The molecule has 0 fully saturated rings. The normalized spacial score (nSPS) is 10.8. The molecule has 0 radical (unpaired) electrons. The number of nitriles is 1. The third-order valence-electron chi connectivity index (χ3n) is 3.65. The van der Waals surface area contributed by atoms with Gasteiger partial charge >= 0.3 is 5.97 Å². The number of para-hydroxylation sites is 1. The van der Waals surface area contributed by atoms with Crippen LogP contribution in [0, 0.1) is 18.3 Å². The second kappa shape index (κ2) is 9.72. The minimum atomic E-state index is -0.519.